The Balaban J connectivity index is 2.64. The van der Waals surface area contributed by atoms with Gasteiger partial charge in [-0.05, 0) is 38.0 Å². The molecule has 0 aliphatic carbocycles. The van der Waals surface area contributed by atoms with Gasteiger partial charge in [-0.2, -0.15) is 13.2 Å². The van der Waals surface area contributed by atoms with Gasteiger partial charge in [-0.15, -0.1) is 0 Å². The van der Waals surface area contributed by atoms with E-state index in [0.717, 1.165) is 5.56 Å². The second-order valence-electron chi connectivity index (χ2n) is 4.57. The lowest BCUT2D eigenvalue weighted by atomic mass is 9.81. The maximum atomic E-state index is 13.0. The maximum Gasteiger partial charge on any atom is 0.401 e. The number of benzene rings is 1. The molecule has 1 atom stereocenters. The quantitative estimate of drug-likeness (QED) is 0.662. The van der Waals surface area contributed by atoms with Crippen LogP contribution in [0.15, 0.2) is 12.1 Å². The predicted octanol–water partition coefficient (Wildman–Crippen LogP) is 3.52. The Kier molecular flexibility index (Phi) is 2.23. The van der Waals surface area contributed by atoms with Crippen LogP contribution < -0.4 is 4.74 Å². The third-order valence-electron chi connectivity index (χ3n) is 3.14. The lowest BCUT2D eigenvalue weighted by Crippen LogP contribution is -2.41. The number of alkyl halides is 3. The fourth-order valence-electron chi connectivity index (χ4n) is 2.27. The van der Waals surface area contributed by atoms with E-state index in [0.29, 0.717) is 11.3 Å². The summed E-state index contributed by atoms with van der Waals surface area (Å²) < 4.78 is 44.3. The molecule has 1 heterocycles. The molecule has 1 aliphatic heterocycles. The van der Waals surface area contributed by atoms with Crippen LogP contribution in [0, 0.1) is 13.8 Å². The largest absolute Gasteiger partial charge is 0.492 e. The van der Waals surface area contributed by atoms with Gasteiger partial charge in [0.2, 0.25) is 0 Å². The standard InChI is InChI=1S/C12H13F3O/c1-7-4-8(2)10-9(5-7)16-6-11(10,3)12(13,14)15/h4-5H,6H2,1-3H3. The minimum Gasteiger partial charge on any atom is -0.492 e. The molecule has 0 aromatic heterocycles. The van der Waals surface area contributed by atoms with E-state index >= 15 is 0 Å². The Hall–Kier alpha value is -1.19. The van der Waals surface area contributed by atoms with Crippen LogP contribution in [-0.2, 0) is 5.41 Å². The molecule has 0 saturated heterocycles. The molecule has 4 heteroatoms. The van der Waals surface area contributed by atoms with E-state index < -0.39 is 11.6 Å². The van der Waals surface area contributed by atoms with Crippen LogP contribution >= 0.6 is 0 Å². The van der Waals surface area contributed by atoms with Gasteiger partial charge in [-0.3, -0.25) is 0 Å². The van der Waals surface area contributed by atoms with E-state index in [2.05, 4.69) is 0 Å². The zero-order valence-corrected chi connectivity index (χ0v) is 9.40. The molecule has 0 saturated carbocycles. The third-order valence-corrected chi connectivity index (χ3v) is 3.14. The topological polar surface area (TPSA) is 9.23 Å². The summed E-state index contributed by atoms with van der Waals surface area (Å²) in [6, 6.07) is 3.43. The Bertz CT molecular complexity index is 437. The highest BCUT2D eigenvalue weighted by atomic mass is 19.4. The summed E-state index contributed by atoms with van der Waals surface area (Å²) >= 11 is 0. The summed E-state index contributed by atoms with van der Waals surface area (Å²) in [5, 5.41) is 0. The highest BCUT2D eigenvalue weighted by molar-refractivity contribution is 5.51. The van der Waals surface area contributed by atoms with E-state index in [4.69, 9.17) is 4.74 Å². The molecule has 2 rings (SSSR count). The predicted molar refractivity (Wildman–Crippen MR) is 54.8 cm³/mol. The van der Waals surface area contributed by atoms with Gasteiger partial charge < -0.3 is 4.74 Å². The Morgan fingerprint density at radius 3 is 2.44 bits per heavy atom. The first-order valence-electron chi connectivity index (χ1n) is 5.07. The van der Waals surface area contributed by atoms with Gasteiger partial charge in [0.05, 0.1) is 0 Å². The second-order valence-corrected chi connectivity index (χ2v) is 4.57. The van der Waals surface area contributed by atoms with Gasteiger partial charge in [0.1, 0.15) is 17.8 Å². The molecule has 1 aromatic rings. The van der Waals surface area contributed by atoms with Crippen molar-refractivity contribution in [1.29, 1.82) is 0 Å². The number of rotatable bonds is 0. The Morgan fingerprint density at radius 2 is 1.88 bits per heavy atom. The average molecular weight is 230 g/mol. The molecule has 16 heavy (non-hydrogen) atoms. The van der Waals surface area contributed by atoms with Crippen molar-refractivity contribution < 1.29 is 17.9 Å². The van der Waals surface area contributed by atoms with E-state index in [1.165, 1.54) is 6.92 Å². The fraction of sp³-hybridized carbons (Fsp3) is 0.500. The number of hydrogen-bond donors (Lipinski definition) is 0. The van der Waals surface area contributed by atoms with Crippen LogP contribution in [-0.4, -0.2) is 12.8 Å². The van der Waals surface area contributed by atoms with Crippen molar-refractivity contribution in [1.82, 2.24) is 0 Å². The van der Waals surface area contributed by atoms with Crippen molar-refractivity contribution >= 4 is 0 Å². The molecule has 1 aromatic carbocycles. The number of hydrogen-bond acceptors (Lipinski definition) is 1. The van der Waals surface area contributed by atoms with E-state index in [9.17, 15) is 13.2 Å². The van der Waals surface area contributed by atoms with Crippen molar-refractivity contribution in [2.45, 2.75) is 32.4 Å². The van der Waals surface area contributed by atoms with Gasteiger partial charge >= 0.3 is 6.18 Å². The maximum absolute atomic E-state index is 13.0. The molecule has 0 radical (unpaired) electrons. The molecule has 1 nitrogen and oxygen atoms in total. The minimum absolute atomic E-state index is 0.283. The molecule has 1 unspecified atom stereocenters. The van der Waals surface area contributed by atoms with Gasteiger partial charge in [0.25, 0.3) is 0 Å². The summed E-state index contributed by atoms with van der Waals surface area (Å²) in [5.74, 6) is 0.373. The van der Waals surface area contributed by atoms with Gasteiger partial charge in [0, 0.05) is 5.56 Å². The lowest BCUT2D eigenvalue weighted by molar-refractivity contribution is -0.187. The zero-order chi connectivity index (χ0) is 12.1. The molecular formula is C12H13F3O. The van der Waals surface area contributed by atoms with E-state index in [1.54, 1.807) is 19.1 Å². The Labute approximate surface area is 92.2 Å². The SMILES string of the molecule is Cc1cc(C)c2c(c1)OCC2(C)C(F)(F)F. The van der Waals surface area contributed by atoms with Gasteiger partial charge in [-0.25, -0.2) is 0 Å². The number of halogens is 3. The van der Waals surface area contributed by atoms with Crippen LogP contribution in [0.4, 0.5) is 13.2 Å². The Morgan fingerprint density at radius 1 is 1.25 bits per heavy atom. The molecule has 0 amide bonds. The molecule has 0 fully saturated rings. The summed E-state index contributed by atoms with van der Waals surface area (Å²) in [6.45, 7) is 4.42. The molecular weight excluding hydrogens is 217 g/mol. The first-order valence-corrected chi connectivity index (χ1v) is 5.07. The smallest absolute Gasteiger partial charge is 0.401 e. The minimum atomic E-state index is -4.28. The average Bonchev–Trinajstić information content (AvgIpc) is 2.43. The number of ether oxygens (including phenoxy) is 1. The summed E-state index contributed by atoms with van der Waals surface area (Å²) in [4.78, 5) is 0. The highest BCUT2D eigenvalue weighted by Crippen LogP contribution is 2.50. The van der Waals surface area contributed by atoms with Crippen molar-refractivity contribution in [3.05, 3.63) is 28.8 Å². The van der Waals surface area contributed by atoms with Crippen molar-refractivity contribution in [3.8, 4) is 5.75 Å². The number of aryl methyl sites for hydroxylation is 2. The van der Waals surface area contributed by atoms with E-state index in [1.807, 2.05) is 6.92 Å². The first kappa shape index (κ1) is 11.3. The van der Waals surface area contributed by atoms with Crippen LogP contribution in [0.3, 0.4) is 0 Å². The van der Waals surface area contributed by atoms with E-state index in [-0.39, 0.29) is 12.2 Å². The normalized spacial score (nSPS) is 24.1. The van der Waals surface area contributed by atoms with Crippen molar-refractivity contribution in [3.63, 3.8) is 0 Å². The van der Waals surface area contributed by atoms with Gasteiger partial charge in [-0.1, -0.05) is 6.07 Å². The second kappa shape index (κ2) is 3.15. The van der Waals surface area contributed by atoms with Crippen molar-refractivity contribution in [2.24, 2.45) is 0 Å². The van der Waals surface area contributed by atoms with Crippen molar-refractivity contribution in [2.75, 3.05) is 6.61 Å². The highest BCUT2D eigenvalue weighted by Gasteiger charge is 2.57. The third kappa shape index (κ3) is 1.39. The van der Waals surface area contributed by atoms with Crippen LogP contribution in [0.2, 0.25) is 0 Å². The first-order chi connectivity index (χ1) is 7.25. The molecule has 0 N–H and O–H groups in total. The molecule has 0 spiro atoms. The molecule has 88 valence electrons. The summed E-state index contributed by atoms with van der Waals surface area (Å²) in [6.07, 6.45) is -4.28. The monoisotopic (exact) mass is 230 g/mol. The summed E-state index contributed by atoms with van der Waals surface area (Å²) in [5.41, 5.74) is -0.0271. The van der Waals surface area contributed by atoms with Crippen LogP contribution in [0.1, 0.15) is 23.6 Å². The summed E-state index contributed by atoms with van der Waals surface area (Å²) in [7, 11) is 0. The van der Waals surface area contributed by atoms with Crippen LogP contribution in [0.25, 0.3) is 0 Å². The fourth-order valence-corrected chi connectivity index (χ4v) is 2.27. The molecule has 0 bridgehead atoms. The van der Waals surface area contributed by atoms with Crippen LogP contribution in [0.5, 0.6) is 5.75 Å². The zero-order valence-electron chi connectivity index (χ0n) is 9.40. The lowest BCUT2D eigenvalue weighted by Gasteiger charge is -2.27. The van der Waals surface area contributed by atoms with Gasteiger partial charge in [0.15, 0.2) is 0 Å². The molecule has 1 aliphatic rings. The number of fused-ring (bicyclic) bond motifs is 1.